The van der Waals surface area contributed by atoms with Crippen molar-refractivity contribution in [3.63, 3.8) is 0 Å². The predicted octanol–water partition coefficient (Wildman–Crippen LogP) is 5.47. The molecule has 0 heterocycles. The van der Waals surface area contributed by atoms with Gasteiger partial charge in [0.25, 0.3) is 0 Å². The van der Waals surface area contributed by atoms with Crippen LogP contribution in [0.5, 0.6) is 0 Å². The number of benzene rings is 4. The van der Waals surface area contributed by atoms with Gasteiger partial charge in [-0.3, -0.25) is 0 Å². The van der Waals surface area contributed by atoms with Crippen LogP contribution < -0.4 is 15.9 Å². The highest BCUT2D eigenvalue weighted by Crippen LogP contribution is 2.44. The van der Waals surface area contributed by atoms with Crippen LogP contribution in [0.4, 0.5) is 0 Å². The zero-order valence-corrected chi connectivity index (χ0v) is 16.7. The zero-order chi connectivity index (χ0) is 19.2. The first-order valence-corrected chi connectivity index (χ1v) is 11.3. The highest BCUT2D eigenvalue weighted by Gasteiger charge is 2.24. The molecule has 4 aromatic rings. The van der Waals surface area contributed by atoms with Crippen LogP contribution in [0.15, 0.2) is 122 Å². The second-order valence-electron chi connectivity index (χ2n) is 6.73. The Hall–Kier alpha value is -3.08. The standard InChI is InChI=1S/C27H23P/c1-2-23-18-20-24(21-19-23)22-28(25-12-6-3-7-13-25,26-14-8-4-9-15-26)27-16-10-5-11-17-27/h2-22H,1H2. The summed E-state index contributed by atoms with van der Waals surface area (Å²) in [6.07, 6.45) is 1.89. The molecular formula is C27H23P. The second-order valence-corrected chi connectivity index (χ2v) is 9.98. The molecule has 0 radical (unpaired) electrons. The van der Waals surface area contributed by atoms with Crippen LogP contribution in [0.1, 0.15) is 11.1 Å². The topological polar surface area (TPSA) is 0 Å². The Labute approximate surface area is 167 Å². The van der Waals surface area contributed by atoms with Crippen molar-refractivity contribution in [2.45, 2.75) is 0 Å². The lowest BCUT2D eigenvalue weighted by Crippen LogP contribution is -2.27. The quantitative estimate of drug-likeness (QED) is 0.404. The summed E-state index contributed by atoms with van der Waals surface area (Å²) in [5.41, 5.74) is 2.37. The van der Waals surface area contributed by atoms with Gasteiger partial charge in [0.1, 0.15) is 0 Å². The van der Waals surface area contributed by atoms with Crippen molar-refractivity contribution in [1.29, 1.82) is 0 Å². The third kappa shape index (κ3) is 3.52. The van der Waals surface area contributed by atoms with E-state index in [2.05, 4.69) is 128 Å². The molecule has 0 aromatic heterocycles. The SMILES string of the molecule is C=Cc1ccc(C=P(c2ccccc2)(c2ccccc2)c2ccccc2)cc1. The maximum absolute atomic E-state index is 3.87. The molecule has 0 aliphatic carbocycles. The van der Waals surface area contributed by atoms with E-state index in [1.54, 1.807) is 0 Å². The molecule has 0 fully saturated rings. The van der Waals surface area contributed by atoms with Gasteiger partial charge in [0.05, 0.1) is 0 Å². The lowest BCUT2D eigenvalue weighted by atomic mass is 10.1. The van der Waals surface area contributed by atoms with E-state index in [1.807, 2.05) is 6.08 Å². The van der Waals surface area contributed by atoms with E-state index in [0.29, 0.717) is 0 Å². The molecule has 136 valence electrons. The van der Waals surface area contributed by atoms with E-state index in [0.717, 1.165) is 5.56 Å². The average molecular weight is 378 g/mol. The van der Waals surface area contributed by atoms with Gasteiger partial charge < -0.3 is 0 Å². The molecule has 0 atom stereocenters. The fraction of sp³-hybridized carbons (Fsp3) is 0. The van der Waals surface area contributed by atoms with Crippen LogP contribution in [0.2, 0.25) is 0 Å². The smallest absolute Gasteiger partial charge is 0.0160 e. The van der Waals surface area contributed by atoms with Crippen molar-refractivity contribution < 1.29 is 0 Å². The van der Waals surface area contributed by atoms with Crippen LogP contribution in [0, 0.1) is 0 Å². The molecule has 28 heavy (non-hydrogen) atoms. The molecular weight excluding hydrogens is 355 g/mol. The fourth-order valence-electron chi connectivity index (χ4n) is 3.60. The minimum atomic E-state index is -1.95. The van der Waals surface area contributed by atoms with Gasteiger partial charge in [-0.1, -0.05) is 128 Å². The summed E-state index contributed by atoms with van der Waals surface area (Å²) in [7, 11) is 0. The molecule has 4 aromatic carbocycles. The van der Waals surface area contributed by atoms with Crippen LogP contribution in [-0.4, -0.2) is 5.80 Å². The number of hydrogen-bond acceptors (Lipinski definition) is 0. The first-order valence-electron chi connectivity index (χ1n) is 9.47. The molecule has 4 rings (SSSR count). The maximum atomic E-state index is 3.87. The van der Waals surface area contributed by atoms with E-state index >= 15 is 0 Å². The number of hydrogen-bond donors (Lipinski definition) is 0. The van der Waals surface area contributed by atoms with Gasteiger partial charge in [-0.15, -0.1) is 0 Å². The summed E-state index contributed by atoms with van der Waals surface area (Å²) in [4.78, 5) is 0. The van der Waals surface area contributed by atoms with E-state index in [4.69, 9.17) is 0 Å². The van der Waals surface area contributed by atoms with Gasteiger partial charge in [-0.25, -0.2) is 0 Å². The fourth-order valence-corrected chi connectivity index (χ4v) is 7.49. The first-order chi connectivity index (χ1) is 13.8. The van der Waals surface area contributed by atoms with Crippen molar-refractivity contribution in [2.75, 3.05) is 0 Å². The molecule has 0 amide bonds. The van der Waals surface area contributed by atoms with Gasteiger partial charge >= 0.3 is 0 Å². The third-order valence-corrected chi connectivity index (χ3v) is 9.03. The van der Waals surface area contributed by atoms with Crippen LogP contribution >= 0.6 is 6.89 Å². The van der Waals surface area contributed by atoms with Crippen molar-refractivity contribution in [3.05, 3.63) is 133 Å². The minimum absolute atomic E-state index is 1.14. The number of rotatable bonds is 5. The lowest BCUT2D eigenvalue weighted by molar-refractivity contribution is 1.64. The summed E-state index contributed by atoms with van der Waals surface area (Å²) >= 11 is 0. The van der Waals surface area contributed by atoms with Crippen LogP contribution in [-0.2, 0) is 0 Å². The molecule has 0 bridgehead atoms. The Balaban J connectivity index is 2.09. The largest absolute Gasteiger partial charge is 0.0985 e. The molecule has 0 N–H and O–H groups in total. The normalized spacial score (nSPS) is 11.0. The zero-order valence-electron chi connectivity index (χ0n) is 15.8. The third-order valence-electron chi connectivity index (χ3n) is 5.01. The van der Waals surface area contributed by atoms with Gasteiger partial charge in [-0.05, 0) is 39.7 Å². The monoisotopic (exact) mass is 378 g/mol. The molecule has 0 saturated carbocycles. The van der Waals surface area contributed by atoms with E-state index < -0.39 is 6.89 Å². The van der Waals surface area contributed by atoms with Gasteiger partial charge in [0.2, 0.25) is 0 Å². The summed E-state index contributed by atoms with van der Waals surface area (Å²) in [5, 5.41) is 4.08. The van der Waals surface area contributed by atoms with Gasteiger partial charge in [0, 0.05) is 0 Å². The van der Waals surface area contributed by atoms with Gasteiger partial charge in [-0.2, -0.15) is 0 Å². The van der Waals surface area contributed by atoms with Crippen LogP contribution in [0.3, 0.4) is 0 Å². The lowest BCUT2D eigenvalue weighted by Gasteiger charge is -2.29. The van der Waals surface area contributed by atoms with Crippen LogP contribution in [0.25, 0.3) is 6.08 Å². The predicted molar refractivity (Wildman–Crippen MR) is 127 cm³/mol. The Kier molecular flexibility index (Phi) is 5.42. The summed E-state index contributed by atoms with van der Waals surface area (Å²) < 4.78 is 0. The Morgan fingerprint density at radius 2 is 0.821 bits per heavy atom. The molecule has 0 spiro atoms. The Morgan fingerprint density at radius 3 is 1.18 bits per heavy atom. The first kappa shape index (κ1) is 18.3. The summed E-state index contributed by atoms with van der Waals surface area (Å²) in [6.45, 7) is 1.93. The van der Waals surface area contributed by atoms with Crippen molar-refractivity contribution >= 4 is 34.7 Å². The van der Waals surface area contributed by atoms with E-state index in [9.17, 15) is 0 Å². The highest BCUT2D eigenvalue weighted by molar-refractivity contribution is 7.94. The van der Waals surface area contributed by atoms with Crippen molar-refractivity contribution in [3.8, 4) is 0 Å². The second kappa shape index (κ2) is 8.30. The van der Waals surface area contributed by atoms with Crippen molar-refractivity contribution in [2.24, 2.45) is 0 Å². The molecule has 0 unspecified atom stereocenters. The molecule has 0 saturated heterocycles. The molecule has 0 aliphatic heterocycles. The summed E-state index contributed by atoms with van der Waals surface area (Å²) in [5.74, 6) is 2.49. The van der Waals surface area contributed by atoms with Crippen molar-refractivity contribution in [1.82, 2.24) is 0 Å². The van der Waals surface area contributed by atoms with E-state index in [1.165, 1.54) is 21.5 Å². The summed E-state index contributed by atoms with van der Waals surface area (Å²) in [6, 6.07) is 41.4. The van der Waals surface area contributed by atoms with Gasteiger partial charge in [0.15, 0.2) is 0 Å². The minimum Gasteiger partial charge on any atom is -0.0985 e. The highest BCUT2D eigenvalue weighted by atomic mass is 31.2. The Bertz CT molecular complexity index is 990. The maximum Gasteiger partial charge on any atom is -0.0160 e. The molecule has 1 heteroatoms. The van der Waals surface area contributed by atoms with E-state index in [-0.39, 0.29) is 0 Å². The Morgan fingerprint density at radius 1 is 0.464 bits per heavy atom. The average Bonchev–Trinajstić information content (AvgIpc) is 2.80. The molecule has 0 aliphatic rings. The molecule has 0 nitrogen and oxygen atoms in total.